The maximum Gasteiger partial charge on any atom is 0.161 e. The summed E-state index contributed by atoms with van der Waals surface area (Å²) >= 11 is 0. The van der Waals surface area contributed by atoms with Gasteiger partial charge in [0.05, 0.1) is 13.2 Å². The number of rotatable bonds is 10. The lowest BCUT2D eigenvalue weighted by Gasteiger charge is -2.13. The van der Waals surface area contributed by atoms with Gasteiger partial charge in [-0.2, -0.15) is 0 Å². The number of benzene rings is 1. The first-order valence-corrected chi connectivity index (χ1v) is 7.41. The monoisotopic (exact) mass is 280 g/mol. The highest BCUT2D eigenvalue weighted by Crippen LogP contribution is 2.28. The predicted molar refractivity (Wildman–Crippen MR) is 83.9 cm³/mol. The van der Waals surface area contributed by atoms with Crippen molar-refractivity contribution in [3.8, 4) is 11.5 Å². The Morgan fingerprint density at radius 2 is 1.70 bits per heavy atom. The van der Waals surface area contributed by atoms with Crippen LogP contribution >= 0.6 is 0 Å². The molecule has 1 rings (SSSR count). The molecule has 1 aromatic carbocycles. The average molecular weight is 280 g/mol. The lowest BCUT2D eigenvalue weighted by atomic mass is 10.1. The van der Waals surface area contributed by atoms with Crippen molar-refractivity contribution in [3.05, 3.63) is 23.8 Å². The van der Waals surface area contributed by atoms with Crippen LogP contribution in [0.25, 0.3) is 0 Å². The van der Waals surface area contributed by atoms with Crippen LogP contribution in [0.2, 0.25) is 0 Å². The van der Waals surface area contributed by atoms with E-state index in [1.165, 1.54) is 5.56 Å². The third kappa shape index (κ3) is 6.26. The molecule has 0 aromatic heterocycles. The molecule has 4 heteroatoms. The van der Waals surface area contributed by atoms with Gasteiger partial charge >= 0.3 is 0 Å². The Morgan fingerprint density at radius 3 is 2.35 bits per heavy atom. The number of nitrogens with zero attached hydrogens (tertiary/aromatic N) is 1. The molecule has 0 atom stereocenters. The summed E-state index contributed by atoms with van der Waals surface area (Å²) < 4.78 is 11.2. The Labute approximate surface area is 123 Å². The second-order valence-electron chi connectivity index (χ2n) is 4.95. The smallest absolute Gasteiger partial charge is 0.161 e. The van der Waals surface area contributed by atoms with Crippen molar-refractivity contribution < 1.29 is 9.47 Å². The normalized spacial score (nSPS) is 10.8. The minimum atomic E-state index is 0.657. The van der Waals surface area contributed by atoms with Crippen molar-refractivity contribution >= 4 is 0 Å². The minimum Gasteiger partial charge on any atom is -0.490 e. The lowest BCUT2D eigenvalue weighted by molar-refractivity contribution is 0.287. The molecule has 0 aliphatic carbocycles. The summed E-state index contributed by atoms with van der Waals surface area (Å²) in [6, 6.07) is 6.20. The minimum absolute atomic E-state index is 0.657. The van der Waals surface area contributed by atoms with Crippen LogP contribution in [0.15, 0.2) is 18.2 Å². The number of hydrogen-bond acceptors (Lipinski definition) is 4. The summed E-state index contributed by atoms with van der Waals surface area (Å²) in [5.41, 5.74) is 1.27. The Balaban J connectivity index is 2.47. The molecule has 1 N–H and O–H groups in total. The Bertz CT molecular complexity index is 381. The molecule has 1 aromatic rings. The third-order valence-corrected chi connectivity index (χ3v) is 2.93. The van der Waals surface area contributed by atoms with E-state index in [0.29, 0.717) is 13.2 Å². The van der Waals surface area contributed by atoms with Gasteiger partial charge in [0, 0.05) is 13.1 Å². The largest absolute Gasteiger partial charge is 0.490 e. The van der Waals surface area contributed by atoms with Crippen LogP contribution in [-0.4, -0.2) is 51.8 Å². The van der Waals surface area contributed by atoms with Gasteiger partial charge in [-0.25, -0.2) is 0 Å². The summed E-state index contributed by atoms with van der Waals surface area (Å²) in [4.78, 5) is 2.18. The van der Waals surface area contributed by atoms with E-state index in [0.717, 1.165) is 37.6 Å². The highest BCUT2D eigenvalue weighted by molar-refractivity contribution is 5.43. The van der Waals surface area contributed by atoms with E-state index < -0.39 is 0 Å². The molecule has 0 heterocycles. The van der Waals surface area contributed by atoms with Gasteiger partial charge in [0.25, 0.3) is 0 Å². The van der Waals surface area contributed by atoms with Crippen LogP contribution in [0.4, 0.5) is 0 Å². The number of hydrogen-bond donors (Lipinski definition) is 1. The standard InChI is InChI=1S/C16H28N2O2/c1-5-19-15-8-7-14(13-16(15)20-6-2)9-10-17-11-12-18(3)4/h7-8,13,17H,5-6,9-12H2,1-4H3. The van der Waals surface area contributed by atoms with E-state index in [2.05, 4.69) is 36.4 Å². The number of nitrogens with one attached hydrogen (secondary N) is 1. The summed E-state index contributed by atoms with van der Waals surface area (Å²) in [5, 5.41) is 3.44. The fraction of sp³-hybridized carbons (Fsp3) is 0.625. The molecule has 0 saturated carbocycles. The maximum atomic E-state index is 5.64. The molecule has 0 unspecified atom stereocenters. The molecule has 0 radical (unpaired) electrons. The zero-order valence-electron chi connectivity index (χ0n) is 13.2. The topological polar surface area (TPSA) is 33.7 Å². The zero-order valence-corrected chi connectivity index (χ0v) is 13.2. The summed E-state index contributed by atoms with van der Waals surface area (Å²) in [6.07, 6.45) is 1.000. The molecule has 0 aliphatic heterocycles. The van der Waals surface area contributed by atoms with Gasteiger partial charge < -0.3 is 19.7 Å². The molecule has 0 aliphatic rings. The van der Waals surface area contributed by atoms with Crippen LogP contribution in [0.1, 0.15) is 19.4 Å². The molecule has 114 valence electrons. The first-order valence-electron chi connectivity index (χ1n) is 7.41. The number of ether oxygens (including phenoxy) is 2. The summed E-state index contributed by atoms with van der Waals surface area (Å²) in [7, 11) is 4.17. The average Bonchev–Trinajstić information content (AvgIpc) is 2.41. The van der Waals surface area contributed by atoms with Crippen molar-refractivity contribution in [1.82, 2.24) is 10.2 Å². The van der Waals surface area contributed by atoms with Crippen LogP contribution < -0.4 is 14.8 Å². The molecule has 0 amide bonds. The van der Waals surface area contributed by atoms with Gasteiger partial charge in [0.1, 0.15) is 0 Å². The molecular weight excluding hydrogens is 252 g/mol. The fourth-order valence-electron chi connectivity index (χ4n) is 1.91. The van der Waals surface area contributed by atoms with Crippen LogP contribution in [0.5, 0.6) is 11.5 Å². The Morgan fingerprint density at radius 1 is 1.00 bits per heavy atom. The van der Waals surface area contributed by atoms with Gasteiger partial charge in [-0.15, -0.1) is 0 Å². The lowest BCUT2D eigenvalue weighted by Crippen LogP contribution is -2.27. The molecule has 0 saturated heterocycles. The zero-order chi connectivity index (χ0) is 14.8. The first kappa shape index (κ1) is 16.8. The van der Waals surface area contributed by atoms with Crippen molar-refractivity contribution in [3.63, 3.8) is 0 Å². The van der Waals surface area contributed by atoms with Gasteiger partial charge in [-0.3, -0.25) is 0 Å². The Kier molecular flexibility index (Phi) is 8.07. The summed E-state index contributed by atoms with van der Waals surface area (Å²) in [6.45, 7) is 8.35. The van der Waals surface area contributed by atoms with E-state index in [9.17, 15) is 0 Å². The van der Waals surface area contributed by atoms with Crippen molar-refractivity contribution in [2.75, 3.05) is 46.9 Å². The number of likely N-dealkylation sites (N-methyl/N-ethyl adjacent to an activating group) is 1. The SMILES string of the molecule is CCOc1ccc(CCNCCN(C)C)cc1OCC. The Hall–Kier alpha value is -1.26. The van der Waals surface area contributed by atoms with Crippen LogP contribution in [0, 0.1) is 0 Å². The first-order chi connectivity index (χ1) is 9.67. The van der Waals surface area contributed by atoms with Crippen LogP contribution in [-0.2, 0) is 6.42 Å². The van der Waals surface area contributed by atoms with Gasteiger partial charge in [0.15, 0.2) is 11.5 Å². The second-order valence-corrected chi connectivity index (χ2v) is 4.95. The van der Waals surface area contributed by atoms with Gasteiger partial charge in [-0.1, -0.05) is 6.07 Å². The van der Waals surface area contributed by atoms with E-state index >= 15 is 0 Å². The molecule has 0 spiro atoms. The van der Waals surface area contributed by atoms with Crippen molar-refractivity contribution in [2.24, 2.45) is 0 Å². The quantitative estimate of drug-likeness (QED) is 0.666. The van der Waals surface area contributed by atoms with Gasteiger partial charge in [0.2, 0.25) is 0 Å². The summed E-state index contributed by atoms with van der Waals surface area (Å²) in [5.74, 6) is 1.68. The van der Waals surface area contributed by atoms with E-state index in [1.54, 1.807) is 0 Å². The molecular formula is C16H28N2O2. The predicted octanol–water partition coefficient (Wildman–Crippen LogP) is 2.18. The van der Waals surface area contributed by atoms with Crippen molar-refractivity contribution in [2.45, 2.75) is 20.3 Å². The molecule has 4 nitrogen and oxygen atoms in total. The van der Waals surface area contributed by atoms with E-state index in [-0.39, 0.29) is 0 Å². The fourth-order valence-corrected chi connectivity index (χ4v) is 1.91. The highest BCUT2D eigenvalue weighted by Gasteiger charge is 2.05. The van der Waals surface area contributed by atoms with Crippen molar-refractivity contribution in [1.29, 1.82) is 0 Å². The maximum absolute atomic E-state index is 5.64. The molecule has 20 heavy (non-hydrogen) atoms. The van der Waals surface area contributed by atoms with E-state index in [4.69, 9.17) is 9.47 Å². The molecule has 0 bridgehead atoms. The van der Waals surface area contributed by atoms with Crippen LogP contribution in [0.3, 0.4) is 0 Å². The highest BCUT2D eigenvalue weighted by atomic mass is 16.5. The van der Waals surface area contributed by atoms with E-state index in [1.807, 2.05) is 19.9 Å². The van der Waals surface area contributed by atoms with Gasteiger partial charge in [-0.05, 0) is 58.6 Å². The molecule has 0 fully saturated rings. The second kappa shape index (κ2) is 9.61. The third-order valence-electron chi connectivity index (χ3n) is 2.93.